The molecule has 0 amide bonds. The highest BCUT2D eigenvalue weighted by Gasteiger charge is 2.25. The summed E-state index contributed by atoms with van der Waals surface area (Å²) in [4.78, 5) is 5.40. The van der Waals surface area contributed by atoms with Gasteiger partial charge in [-0.15, -0.1) is 0 Å². The summed E-state index contributed by atoms with van der Waals surface area (Å²) in [7, 11) is 0. The molecule has 2 fully saturated rings. The van der Waals surface area contributed by atoms with E-state index in [-0.39, 0.29) is 6.10 Å². The summed E-state index contributed by atoms with van der Waals surface area (Å²) in [6.07, 6.45) is 12.7. The molecule has 3 rings (SSSR count). The molecule has 1 saturated heterocycles. The molecular weight excluding hydrogens is 460 g/mol. The summed E-state index contributed by atoms with van der Waals surface area (Å²) in [5.41, 5.74) is 1.40. The van der Waals surface area contributed by atoms with Crippen LogP contribution in [-0.2, 0) is 6.42 Å². The SMILES string of the molecule is CCN(CC)[C@H]1CC[C@H](CCCN2CCC(Cc3cc(OC(C)C)ccc3Br)CC2)CC1. The zero-order valence-corrected chi connectivity index (χ0v) is 22.7. The van der Waals surface area contributed by atoms with Crippen LogP contribution in [0, 0.1) is 11.8 Å². The lowest BCUT2D eigenvalue weighted by Crippen LogP contribution is -2.38. The number of benzene rings is 1. The third-order valence-corrected chi connectivity index (χ3v) is 8.61. The van der Waals surface area contributed by atoms with Crippen LogP contribution in [0.3, 0.4) is 0 Å². The minimum atomic E-state index is 0.227. The second-order valence-electron chi connectivity index (χ2n) is 10.4. The van der Waals surface area contributed by atoms with Gasteiger partial charge >= 0.3 is 0 Å². The number of hydrogen-bond acceptors (Lipinski definition) is 3. The van der Waals surface area contributed by atoms with Crippen LogP contribution in [0.2, 0.25) is 0 Å². The minimum Gasteiger partial charge on any atom is -0.491 e. The summed E-state index contributed by atoms with van der Waals surface area (Å²) in [5, 5.41) is 0. The first kappa shape index (κ1) is 26.0. The lowest BCUT2D eigenvalue weighted by molar-refractivity contribution is 0.139. The largest absolute Gasteiger partial charge is 0.491 e. The van der Waals surface area contributed by atoms with Crippen molar-refractivity contribution in [3.8, 4) is 5.75 Å². The topological polar surface area (TPSA) is 15.7 Å². The molecule has 0 radical (unpaired) electrons. The standard InChI is InChI=1S/C28H47BrN2O/c1-5-31(6-2)26-11-9-23(10-12-26)8-7-17-30-18-15-24(16-19-30)20-25-21-27(32-22(3)4)13-14-28(25)29/h13-14,21-24,26H,5-12,15-20H2,1-4H3/t23-,26-. The maximum absolute atomic E-state index is 5.91. The van der Waals surface area contributed by atoms with Crippen LogP contribution in [0.15, 0.2) is 22.7 Å². The molecule has 0 spiro atoms. The van der Waals surface area contributed by atoms with Gasteiger partial charge in [-0.25, -0.2) is 0 Å². The van der Waals surface area contributed by atoms with Crippen LogP contribution in [0.4, 0.5) is 0 Å². The smallest absolute Gasteiger partial charge is 0.120 e. The second-order valence-corrected chi connectivity index (χ2v) is 11.3. The van der Waals surface area contributed by atoms with Gasteiger partial charge in [0.1, 0.15) is 5.75 Å². The molecular formula is C28H47BrN2O. The lowest BCUT2D eigenvalue weighted by Gasteiger charge is -2.36. The van der Waals surface area contributed by atoms with Crippen molar-refractivity contribution in [3.05, 3.63) is 28.2 Å². The monoisotopic (exact) mass is 506 g/mol. The van der Waals surface area contributed by atoms with E-state index < -0.39 is 0 Å². The van der Waals surface area contributed by atoms with Crippen LogP contribution in [0.25, 0.3) is 0 Å². The molecule has 0 bridgehead atoms. The van der Waals surface area contributed by atoms with Gasteiger partial charge in [0.2, 0.25) is 0 Å². The molecule has 2 aliphatic rings. The molecule has 1 aliphatic heterocycles. The van der Waals surface area contributed by atoms with E-state index in [1.807, 2.05) is 0 Å². The first-order valence-electron chi connectivity index (χ1n) is 13.4. The summed E-state index contributed by atoms with van der Waals surface area (Å²) in [6, 6.07) is 7.33. The number of halogens is 1. The van der Waals surface area contributed by atoms with E-state index in [2.05, 4.69) is 71.6 Å². The van der Waals surface area contributed by atoms with Crippen LogP contribution >= 0.6 is 15.9 Å². The lowest BCUT2D eigenvalue weighted by atomic mass is 9.82. The molecule has 0 N–H and O–H groups in total. The number of hydrogen-bond donors (Lipinski definition) is 0. The van der Waals surface area contributed by atoms with Crippen LogP contribution in [0.5, 0.6) is 5.75 Å². The number of nitrogens with zero attached hydrogens (tertiary/aromatic N) is 2. The van der Waals surface area contributed by atoms with E-state index >= 15 is 0 Å². The van der Waals surface area contributed by atoms with Gasteiger partial charge in [0.25, 0.3) is 0 Å². The molecule has 1 saturated carbocycles. The van der Waals surface area contributed by atoms with Crippen LogP contribution in [0.1, 0.15) is 84.6 Å². The fraction of sp³-hybridized carbons (Fsp3) is 0.786. The average molecular weight is 508 g/mol. The molecule has 3 nitrogen and oxygen atoms in total. The molecule has 1 aromatic carbocycles. The van der Waals surface area contributed by atoms with Crippen molar-refractivity contribution in [2.75, 3.05) is 32.7 Å². The van der Waals surface area contributed by atoms with Gasteiger partial charge in [-0.2, -0.15) is 0 Å². The average Bonchev–Trinajstić information content (AvgIpc) is 2.79. The summed E-state index contributed by atoms with van der Waals surface area (Å²) in [6.45, 7) is 15.1. The van der Waals surface area contributed by atoms with E-state index in [1.54, 1.807) is 0 Å². The summed E-state index contributed by atoms with van der Waals surface area (Å²) >= 11 is 3.76. The van der Waals surface area contributed by atoms with Crippen molar-refractivity contribution in [1.82, 2.24) is 9.80 Å². The van der Waals surface area contributed by atoms with Crippen molar-refractivity contribution >= 4 is 15.9 Å². The fourth-order valence-electron chi connectivity index (χ4n) is 5.92. The molecule has 0 aromatic heterocycles. The Labute approximate surface area is 206 Å². The highest BCUT2D eigenvalue weighted by Crippen LogP contribution is 2.32. The Balaban J connectivity index is 1.33. The van der Waals surface area contributed by atoms with Crippen molar-refractivity contribution in [2.24, 2.45) is 11.8 Å². The molecule has 1 aliphatic carbocycles. The third-order valence-electron chi connectivity index (χ3n) is 7.84. The number of rotatable bonds is 11. The summed E-state index contributed by atoms with van der Waals surface area (Å²) < 4.78 is 7.14. The number of likely N-dealkylation sites (tertiary alicyclic amines) is 1. The molecule has 0 unspecified atom stereocenters. The molecule has 182 valence electrons. The Bertz CT molecular complexity index is 659. The van der Waals surface area contributed by atoms with Crippen molar-refractivity contribution in [1.29, 1.82) is 0 Å². The van der Waals surface area contributed by atoms with Crippen LogP contribution < -0.4 is 4.74 Å². The normalized spacial score (nSPS) is 23.2. The maximum atomic E-state index is 5.91. The highest BCUT2D eigenvalue weighted by atomic mass is 79.9. The van der Waals surface area contributed by atoms with E-state index in [0.29, 0.717) is 0 Å². The molecule has 1 aromatic rings. The Kier molecular flexibility index (Phi) is 10.9. The van der Waals surface area contributed by atoms with E-state index in [0.717, 1.165) is 23.6 Å². The molecule has 4 heteroatoms. The van der Waals surface area contributed by atoms with Gasteiger partial charge in [-0.3, -0.25) is 0 Å². The third kappa shape index (κ3) is 8.02. The maximum Gasteiger partial charge on any atom is 0.120 e. The van der Waals surface area contributed by atoms with Gasteiger partial charge in [0, 0.05) is 10.5 Å². The van der Waals surface area contributed by atoms with E-state index in [4.69, 9.17) is 4.74 Å². The van der Waals surface area contributed by atoms with E-state index in [9.17, 15) is 0 Å². The Morgan fingerprint density at radius 3 is 2.31 bits per heavy atom. The van der Waals surface area contributed by atoms with Gasteiger partial charge in [0.05, 0.1) is 6.10 Å². The Hall–Kier alpha value is -0.580. The minimum absolute atomic E-state index is 0.227. The number of ether oxygens (including phenoxy) is 1. The first-order valence-corrected chi connectivity index (χ1v) is 14.2. The second kappa shape index (κ2) is 13.3. The van der Waals surface area contributed by atoms with Crippen LogP contribution in [-0.4, -0.2) is 54.7 Å². The van der Waals surface area contributed by atoms with Gasteiger partial charge in [-0.05, 0) is 140 Å². The van der Waals surface area contributed by atoms with Crippen molar-refractivity contribution in [2.45, 2.75) is 97.6 Å². The quantitative estimate of drug-likeness (QED) is 0.316. The highest BCUT2D eigenvalue weighted by molar-refractivity contribution is 9.10. The Morgan fingerprint density at radius 2 is 1.69 bits per heavy atom. The predicted molar refractivity (Wildman–Crippen MR) is 141 cm³/mol. The van der Waals surface area contributed by atoms with Crippen molar-refractivity contribution < 1.29 is 4.74 Å². The molecule has 1 heterocycles. The zero-order valence-electron chi connectivity index (χ0n) is 21.1. The van der Waals surface area contributed by atoms with E-state index in [1.165, 1.54) is 101 Å². The van der Waals surface area contributed by atoms with Gasteiger partial charge in [0.15, 0.2) is 0 Å². The fourth-order valence-corrected chi connectivity index (χ4v) is 6.33. The van der Waals surface area contributed by atoms with Gasteiger partial charge in [-0.1, -0.05) is 29.8 Å². The molecule has 32 heavy (non-hydrogen) atoms. The first-order chi connectivity index (χ1) is 15.5. The summed E-state index contributed by atoms with van der Waals surface area (Å²) in [5.74, 6) is 2.78. The van der Waals surface area contributed by atoms with Gasteiger partial charge < -0.3 is 14.5 Å². The zero-order chi connectivity index (χ0) is 22.9. The Morgan fingerprint density at radius 1 is 1.00 bits per heavy atom. The van der Waals surface area contributed by atoms with Crippen molar-refractivity contribution in [3.63, 3.8) is 0 Å². The molecule has 0 atom stereocenters. The predicted octanol–water partition coefficient (Wildman–Crippen LogP) is 7.17. The number of piperidine rings is 1.